The Morgan fingerprint density at radius 1 is 1.11 bits per heavy atom. The molecule has 1 aromatic heterocycles. The van der Waals surface area contributed by atoms with Gasteiger partial charge in [-0.15, -0.1) is 0 Å². The first-order valence-electron chi connectivity index (χ1n) is 8.79. The number of para-hydroxylation sites is 1. The van der Waals surface area contributed by atoms with Crippen LogP contribution in [-0.2, 0) is 17.8 Å². The third-order valence-electron chi connectivity index (χ3n) is 4.20. The van der Waals surface area contributed by atoms with E-state index >= 15 is 0 Å². The lowest BCUT2D eigenvalue weighted by molar-refractivity contribution is -0.120. The number of methoxy groups -OCH3 is 1. The molecule has 0 unspecified atom stereocenters. The van der Waals surface area contributed by atoms with E-state index in [1.165, 1.54) is 10.7 Å². The summed E-state index contributed by atoms with van der Waals surface area (Å²) in [5, 5.41) is 7.82. The molecule has 0 aliphatic rings. The largest absolute Gasteiger partial charge is 0.496 e. The van der Waals surface area contributed by atoms with E-state index in [9.17, 15) is 9.59 Å². The SMILES string of the molecule is COc1ccccc1CC(=O)NCCn1nc(-c2ccc(Cl)cc2)ccc1=O. The highest BCUT2D eigenvalue weighted by molar-refractivity contribution is 6.30. The van der Waals surface area contributed by atoms with Gasteiger partial charge in [-0.2, -0.15) is 5.10 Å². The highest BCUT2D eigenvalue weighted by Gasteiger charge is 2.08. The van der Waals surface area contributed by atoms with E-state index in [-0.39, 0.29) is 24.4 Å². The fraction of sp³-hybridized carbons (Fsp3) is 0.190. The van der Waals surface area contributed by atoms with Crippen molar-refractivity contribution in [3.63, 3.8) is 0 Å². The average Bonchev–Trinajstić information content (AvgIpc) is 2.70. The van der Waals surface area contributed by atoms with Gasteiger partial charge >= 0.3 is 0 Å². The van der Waals surface area contributed by atoms with Crippen LogP contribution in [0.3, 0.4) is 0 Å². The molecule has 0 fully saturated rings. The van der Waals surface area contributed by atoms with Crippen molar-refractivity contribution in [1.29, 1.82) is 0 Å². The summed E-state index contributed by atoms with van der Waals surface area (Å²) >= 11 is 5.91. The second-order valence-corrected chi connectivity index (χ2v) is 6.56. The third-order valence-corrected chi connectivity index (χ3v) is 4.45. The van der Waals surface area contributed by atoms with Crippen molar-refractivity contribution < 1.29 is 9.53 Å². The van der Waals surface area contributed by atoms with Crippen molar-refractivity contribution >= 4 is 17.5 Å². The summed E-state index contributed by atoms with van der Waals surface area (Å²) in [5.74, 6) is 0.526. The predicted molar refractivity (Wildman–Crippen MR) is 109 cm³/mol. The van der Waals surface area contributed by atoms with E-state index in [0.29, 0.717) is 23.0 Å². The number of carbonyl (C=O) groups excluding carboxylic acids is 1. The lowest BCUT2D eigenvalue weighted by Crippen LogP contribution is -2.32. The zero-order valence-corrected chi connectivity index (χ0v) is 16.1. The first kappa shape index (κ1) is 19.6. The molecule has 1 heterocycles. The van der Waals surface area contributed by atoms with Gasteiger partial charge in [0.25, 0.3) is 5.56 Å². The van der Waals surface area contributed by atoms with Crippen LogP contribution in [0.4, 0.5) is 0 Å². The van der Waals surface area contributed by atoms with Gasteiger partial charge in [-0.3, -0.25) is 9.59 Å². The van der Waals surface area contributed by atoms with Gasteiger partial charge in [-0.25, -0.2) is 4.68 Å². The minimum atomic E-state index is -0.225. The first-order valence-corrected chi connectivity index (χ1v) is 9.17. The van der Waals surface area contributed by atoms with Crippen LogP contribution in [-0.4, -0.2) is 29.3 Å². The van der Waals surface area contributed by atoms with Crippen molar-refractivity contribution in [1.82, 2.24) is 15.1 Å². The van der Waals surface area contributed by atoms with Crippen LogP contribution in [0, 0.1) is 0 Å². The summed E-state index contributed by atoms with van der Waals surface area (Å²) in [4.78, 5) is 24.2. The van der Waals surface area contributed by atoms with Crippen molar-refractivity contribution in [2.45, 2.75) is 13.0 Å². The second-order valence-electron chi connectivity index (χ2n) is 6.13. The lowest BCUT2D eigenvalue weighted by atomic mass is 10.1. The van der Waals surface area contributed by atoms with Gasteiger partial charge < -0.3 is 10.1 Å². The number of nitrogens with zero attached hydrogens (tertiary/aromatic N) is 2. The number of hydrogen-bond acceptors (Lipinski definition) is 4. The van der Waals surface area contributed by atoms with Gasteiger partial charge in [0.2, 0.25) is 5.91 Å². The molecule has 3 aromatic rings. The summed E-state index contributed by atoms with van der Waals surface area (Å²) < 4.78 is 6.60. The first-order chi connectivity index (χ1) is 13.6. The van der Waals surface area contributed by atoms with E-state index in [4.69, 9.17) is 16.3 Å². The Balaban J connectivity index is 1.61. The molecule has 0 atom stereocenters. The third kappa shape index (κ3) is 4.98. The highest BCUT2D eigenvalue weighted by Crippen LogP contribution is 2.19. The van der Waals surface area contributed by atoms with Crippen molar-refractivity contribution in [3.05, 3.63) is 81.6 Å². The number of ether oxygens (including phenoxy) is 1. The predicted octanol–water partition coefficient (Wildman–Crippen LogP) is 2.93. The molecular weight excluding hydrogens is 378 g/mol. The van der Waals surface area contributed by atoms with Gasteiger partial charge in [0.15, 0.2) is 0 Å². The Kier molecular flexibility index (Phi) is 6.45. The Morgan fingerprint density at radius 3 is 2.61 bits per heavy atom. The molecule has 0 saturated heterocycles. The van der Waals surface area contributed by atoms with Crippen LogP contribution in [0.5, 0.6) is 5.75 Å². The van der Waals surface area contributed by atoms with Crippen LogP contribution in [0.2, 0.25) is 5.02 Å². The number of amides is 1. The summed E-state index contributed by atoms with van der Waals surface area (Å²) in [6.07, 6.45) is 0.206. The fourth-order valence-electron chi connectivity index (χ4n) is 2.77. The van der Waals surface area contributed by atoms with Gasteiger partial charge in [0.1, 0.15) is 5.75 Å². The quantitative estimate of drug-likeness (QED) is 0.665. The van der Waals surface area contributed by atoms with E-state index in [0.717, 1.165) is 11.1 Å². The second kappa shape index (κ2) is 9.19. The number of nitrogens with one attached hydrogen (secondary N) is 1. The molecule has 0 spiro atoms. The maximum absolute atomic E-state index is 12.2. The minimum absolute atomic E-state index is 0.147. The molecule has 6 nitrogen and oxygen atoms in total. The van der Waals surface area contributed by atoms with Gasteiger partial charge in [-0.05, 0) is 24.3 Å². The molecule has 3 rings (SSSR count). The molecule has 0 saturated carbocycles. The molecular formula is C21H20ClN3O3. The zero-order valence-electron chi connectivity index (χ0n) is 15.4. The van der Waals surface area contributed by atoms with Crippen molar-refractivity contribution in [3.8, 4) is 17.0 Å². The summed E-state index contributed by atoms with van der Waals surface area (Å²) in [5.41, 5.74) is 2.11. The Labute approximate surface area is 167 Å². The van der Waals surface area contributed by atoms with E-state index in [1.807, 2.05) is 36.4 Å². The monoisotopic (exact) mass is 397 g/mol. The molecule has 0 aliphatic heterocycles. The van der Waals surface area contributed by atoms with Crippen LogP contribution in [0.15, 0.2) is 65.5 Å². The molecule has 0 aliphatic carbocycles. The molecule has 0 radical (unpaired) electrons. The lowest BCUT2D eigenvalue weighted by Gasteiger charge is -2.10. The van der Waals surface area contributed by atoms with Gasteiger partial charge in [-0.1, -0.05) is 41.9 Å². The summed E-state index contributed by atoms with van der Waals surface area (Å²) in [6, 6.07) is 17.7. The molecule has 7 heteroatoms. The molecule has 1 amide bonds. The number of benzene rings is 2. The summed E-state index contributed by atoms with van der Waals surface area (Å²) in [6.45, 7) is 0.572. The maximum Gasteiger partial charge on any atom is 0.266 e. The minimum Gasteiger partial charge on any atom is -0.496 e. The smallest absolute Gasteiger partial charge is 0.266 e. The number of hydrogen-bond donors (Lipinski definition) is 1. The van der Waals surface area contributed by atoms with E-state index in [2.05, 4.69) is 10.4 Å². The standard InChI is InChI=1S/C21H20ClN3O3/c1-28-19-5-3-2-4-16(19)14-20(26)23-12-13-25-21(27)11-10-18(24-25)15-6-8-17(22)9-7-15/h2-11H,12-14H2,1H3,(H,23,26). The van der Waals surface area contributed by atoms with E-state index in [1.54, 1.807) is 25.3 Å². The van der Waals surface area contributed by atoms with Crippen molar-refractivity contribution in [2.24, 2.45) is 0 Å². The number of aromatic nitrogens is 2. The van der Waals surface area contributed by atoms with E-state index < -0.39 is 0 Å². The number of rotatable bonds is 7. The maximum atomic E-state index is 12.2. The Hall–Kier alpha value is -3.12. The molecule has 1 N–H and O–H groups in total. The topological polar surface area (TPSA) is 73.2 Å². The molecule has 144 valence electrons. The van der Waals surface area contributed by atoms with Crippen LogP contribution in [0.25, 0.3) is 11.3 Å². The molecule has 28 heavy (non-hydrogen) atoms. The van der Waals surface area contributed by atoms with Crippen LogP contribution < -0.4 is 15.6 Å². The van der Waals surface area contributed by atoms with Gasteiger partial charge in [0, 0.05) is 28.8 Å². The van der Waals surface area contributed by atoms with Crippen LogP contribution in [0.1, 0.15) is 5.56 Å². The normalized spacial score (nSPS) is 10.5. The molecule has 2 aromatic carbocycles. The van der Waals surface area contributed by atoms with Crippen LogP contribution >= 0.6 is 11.6 Å². The highest BCUT2D eigenvalue weighted by atomic mass is 35.5. The number of carbonyl (C=O) groups is 1. The Bertz CT molecular complexity index is 1020. The molecule has 0 bridgehead atoms. The number of halogens is 1. The fourth-order valence-corrected chi connectivity index (χ4v) is 2.90. The van der Waals surface area contributed by atoms with Gasteiger partial charge in [0.05, 0.1) is 25.8 Å². The zero-order chi connectivity index (χ0) is 19.9. The summed E-state index contributed by atoms with van der Waals surface area (Å²) in [7, 11) is 1.57. The average molecular weight is 398 g/mol. The van der Waals surface area contributed by atoms with Crippen molar-refractivity contribution in [2.75, 3.05) is 13.7 Å². The Morgan fingerprint density at radius 2 is 1.86 bits per heavy atom.